The van der Waals surface area contributed by atoms with Crippen LogP contribution in [0, 0.1) is 11.8 Å². The van der Waals surface area contributed by atoms with E-state index in [1.54, 1.807) is 12.4 Å². The number of esters is 2. The molecule has 6 aliphatic rings. The smallest absolute Gasteiger partial charge is 0.332 e. The van der Waals surface area contributed by atoms with Crippen LogP contribution in [0.1, 0.15) is 74.6 Å². The summed E-state index contributed by atoms with van der Waals surface area (Å²) in [5, 5.41) is 0. The predicted molar refractivity (Wildman–Crippen MR) is 140 cm³/mol. The molecular weight excluding hydrogens is 480 g/mol. The Morgan fingerprint density at radius 3 is 1.50 bits per heavy atom. The number of carbonyl (C=O) groups excluding carboxylic acids is 2. The summed E-state index contributed by atoms with van der Waals surface area (Å²) >= 11 is 0. The maximum Gasteiger partial charge on any atom is 0.332 e. The minimum atomic E-state index is -0.668. The number of aromatic nitrogens is 2. The molecule has 4 aliphatic heterocycles. The molecule has 0 radical (unpaired) electrons. The molecule has 8 rings (SSSR count). The van der Waals surface area contributed by atoms with E-state index in [9.17, 15) is 9.59 Å². The molecule has 6 heterocycles. The van der Waals surface area contributed by atoms with Crippen LogP contribution in [-0.2, 0) is 19.1 Å². The van der Waals surface area contributed by atoms with E-state index < -0.39 is 23.4 Å². The number of fused-ring (bicyclic) bond motifs is 6. The molecule has 2 aromatic heterocycles. The van der Waals surface area contributed by atoms with E-state index in [-0.39, 0.29) is 12.1 Å². The molecule has 4 bridgehead atoms. The normalized spacial score (nSPS) is 34.9. The Bertz CT molecular complexity index is 1090. The van der Waals surface area contributed by atoms with Crippen molar-refractivity contribution in [1.82, 2.24) is 19.8 Å². The van der Waals surface area contributed by atoms with Crippen molar-refractivity contribution in [2.75, 3.05) is 14.1 Å². The van der Waals surface area contributed by atoms with E-state index in [0.717, 1.165) is 62.5 Å². The number of pyridine rings is 2. The first kappa shape index (κ1) is 25.2. The number of ether oxygens (including phenoxy) is 2. The third-order valence-corrected chi connectivity index (χ3v) is 9.62. The summed E-state index contributed by atoms with van der Waals surface area (Å²) in [7, 11) is 4.06. The lowest BCUT2D eigenvalue weighted by molar-refractivity contribution is -0.224. The van der Waals surface area contributed by atoms with Gasteiger partial charge in [0, 0.05) is 74.7 Å². The van der Waals surface area contributed by atoms with Crippen molar-refractivity contribution in [3.8, 4) is 0 Å². The van der Waals surface area contributed by atoms with E-state index in [1.165, 1.54) is 12.2 Å². The lowest BCUT2D eigenvalue weighted by Gasteiger charge is -2.56. The van der Waals surface area contributed by atoms with Gasteiger partial charge >= 0.3 is 11.9 Å². The molecular formula is C30H36N4O4. The van der Waals surface area contributed by atoms with Crippen LogP contribution < -0.4 is 0 Å². The summed E-state index contributed by atoms with van der Waals surface area (Å²) in [6.45, 7) is 0. The topological polar surface area (TPSA) is 84.9 Å². The number of nitrogens with zero attached hydrogens (tertiary/aromatic N) is 4. The average molecular weight is 517 g/mol. The first-order chi connectivity index (χ1) is 18.4. The van der Waals surface area contributed by atoms with Gasteiger partial charge in [0.05, 0.1) is 0 Å². The molecule has 2 aliphatic carbocycles. The third-order valence-electron chi connectivity index (χ3n) is 9.62. The van der Waals surface area contributed by atoms with Crippen LogP contribution >= 0.6 is 0 Å². The standard InChI is InChI=1S/C30H36N4O4/c1-33-27(23-5-3-17-31-19-23)21-9-13-29(33,14-10-21)37-25(35)7-8-26(36)38-30-15-11-22(12-16-30)28(34(30)2)24-6-4-18-32-20-24/h3-8,17-22,27-28H,9-16H2,1-2H3/b8-7+. The van der Waals surface area contributed by atoms with Gasteiger partial charge in [-0.1, -0.05) is 12.1 Å². The molecule has 8 nitrogen and oxygen atoms in total. The predicted octanol–water partition coefficient (Wildman–Crippen LogP) is 4.57. The quantitative estimate of drug-likeness (QED) is 0.408. The Morgan fingerprint density at radius 1 is 0.763 bits per heavy atom. The molecule has 38 heavy (non-hydrogen) atoms. The molecule has 4 saturated heterocycles. The van der Waals surface area contributed by atoms with Crippen molar-refractivity contribution in [3.63, 3.8) is 0 Å². The van der Waals surface area contributed by atoms with Crippen LogP contribution in [0.25, 0.3) is 0 Å². The lowest BCUT2D eigenvalue weighted by atomic mass is 9.71. The van der Waals surface area contributed by atoms with Crippen molar-refractivity contribution in [2.24, 2.45) is 11.8 Å². The number of hydrogen-bond acceptors (Lipinski definition) is 8. The highest BCUT2D eigenvalue weighted by molar-refractivity contribution is 5.92. The lowest BCUT2D eigenvalue weighted by Crippen LogP contribution is -2.60. The molecule has 0 N–H and O–H groups in total. The van der Waals surface area contributed by atoms with Crippen LogP contribution in [-0.4, -0.2) is 57.3 Å². The van der Waals surface area contributed by atoms with Crippen LogP contribution in [0.3, 0.4) is 0 Å². The maximum absolute atomic E-state index is 13.0. The summed E-state index contributed by atoms with van der Waals surface area (Å²) in [6.07, 6.45) is 17.0. The third kappa shape index (κ3) is 4.33. The first-order valence-electron chi connectivity index (χ1n) is 13.8. The van der Waals surface area contributed by atoms with Gasteiger partial charge in [-0.25, -0.2) is 9.59 Å². The zero-order chi connectivity index (χ0) is 26.3. The van der Waals surface area contributed by atoms with Gasteiger partial charge in [0.25, 0.3) is 0 Å². The molecule has 0 amide bonds. The fraction of sp³-hybridized carbons (Fsp3) is 0.533. The second kappa shape index (κ2) is 9.89. The highest BCUT2D eigenvalue weighted by Gasteiger charge is 2.54. The molecule has 0 spiro atoms. The van der Waals surface area contributed by atoms with Gasteiger partial charge in [-0.15, -0.1) is 0 Å². The summed E-state index contributed by atoms with van der Waals surface area (Å²) in [5.41, 5.74) is 0.958. The van der Waals surface area contributed by atoms with Crippen LogP contribution in [0.4, 0.5) is 0 Å². The fourth-order valence-electron chi connectivity index (χ4n) is 7.68. The minimum absolute atomic E-state index is 0.164. The van der Waals surface area contributed by atoms with Crippen LogP contribution in [0.15, 0.2) is 61.2 Å². The van der Waals surface area contributed by atoms with Gasteiger partial charge < -0.3 is 9.47 Å². The zero-order valence-electron chi connectivity index (χ0n) is 22.2. The van der Waals surface area contributed by atoms with Gasteiger partial charge in [0.2, 0.25) is 0 Å². The first-order valence-corrected chi connectivity index (χ1v) is 13.8. The highest BCUT2D eigenvalue weighted by atomic mass is 16.6. The maximum atomic E-state index is 13.0. The largest absolute Gasteiger partial charge is 0.441 e. The zero-order valence-corrected chi connectivity index (χ0v) is 22.2. The minimum Gasteiger partial charge on any atom is -0.441 e. The number of carbonyl (C=O) groups is 2. The van der Waals surface area contributed by atoms with Crippen molar-refractivity contribution in [1.29, 1.82) is 0 Å². The van der Waals surface area contributed by atoms with E-state index in [1.807, 2.05) is 38.6 Å². The van der Waals surface area contributed by atoms with Crippen molar-refractivity contribution in [3.05, 3.63) is 72.3 Å². The van der Waals surface area contributed by atoms with E-state index >= 15 is 0 Å². The van der Waals surface area contributed by atoms with Crippen molar-refractivity contribution in [2.45, 2.75) is 74.9 Å². The van der Waals surface area contributed by atoms with Gasteiger partial charge in [-0.05, 0) is 74.9 Å². The molecule has 0 aromatic carbocycles. The van der Waals surface area contributed by atoms with E-state index in [2.05, 4.69) is 31.9 Å². The fourth-order valence-corrected chi connectivity index (χ4v) is 7.68. The Hall–Kier alpha value is -3.10. The summed E-state index contributed by atoms with van der Waals surface area (Å²) < 4.78 is 12.2. The Kier molecular flexibility index (Phi) is 6.56. The molecule has 2 atom stereocenters. The molecule has 6 fully saturated rings. The molecule has 8 heteroatoms. The van der Waals surface area contributed by atoms with Gasteiger partial charge in [-0.2, -0.15) is 0 Å². The summed E-state index contributed by atoms with van der Waals surface area (Å²) in [6, 6.07) is 8.41. The van der Waals surface area contributed by atoms with E-state index in [0.29, 0.717) is 11.8 Å². The van der Waals surface area contributed by atoms with Gasteiger partial charge in [0.15, 0.2) is 11.4 Å². The van der Waals surface area contributed by atoms with E-state index in [4.69, 9.17) is 9.47 Å². The monoisotopic (exact) mass is 516 g/mol. The SMILES string of the molecule is CN1C(c2cccnc2)C2CCC1(OC(=O)/C=C/C(=O)OC13CCC(CC1)C(c1cccnc1)N3C)CC2. The average Bonchev–Trinajstić information content (AvgIpc) is 2.95. The molecule has 200 valence electrons. The number of rotatable bonds is 6. The van der Waals surface area contributed by atoms with Crippen LogP contribution in [0.2, 0.25) is 0 Å². The van der Waals surface area contributed by atoms with Gasteiger partial charge in [-0.3, -0.25) is 19.8 Å². The van der Waals surface area contributed by atoms with Gasteiger partial charge in [0.1, 0.15) is 0 Å². The van der Waals surface area contributed by atoms with Crippen molar-refractivity contribution < 1.29 is 19.1 Å². The Labute approximate surface area is 224 Å². The molecule has 2 saturated carbocycles. The second-order valence-electron chi connectivity index (χ2n) is 11.4. The number of hydrogen-bond donors (Lipinski definition) is 0. The Morgan fingerprint density at radius 2 is 1.16 bits per heavy atom. The highest BCUT2D eigenvalue weighted by Crippen LogP contribution is 2.53. The molecule has 2 unspecified atom stereocenters. The summed E-state index contributed by atoms with van der Waals surface area (Å²) in [5.74, 6) is 0.0244. The summed E-state index contributed by atoms with van der Waals surface area (Å²) in [4.78, 5) is 38.9. The number of piperidine rings is 4. The Balaban J connectivity index is 1.12. The molecule has 2 aromatic rings. The second-order valence-corrected chi connectivity index (χ2v) is 11.4. The van der Waals surface area contributed by atoms with Crippen molar-refractivity contribution >= 4 is 11.9 Å². The van der Waals surface area contributed by atoms with Crippen LogP contribution in [0.5, 0.6) is 0 Å².